The van der Waals surface area contributed by atoms with Crippen LogP contribution in [0.3, 0.4) is 0 Å². The number of halogens is 1. The normalized spacial score (nSPS) is 21.1. The Hall–Kier alpha value is -1.58. The van der Waals surface area contributed by atoms with Gasteiger partial charge in [0.15, 0.2) is 5.96 Å². The number of nitrogens with zero attached hydrogens (tertiary/aromatic N) is 2. The molecule has 1 aliphatic rings. The van der Waals surface area contributed by atoms with E-state index in [1.165, 1.54) is 18.6 Å². The van der Waals surface area contributed by atoms with Crippen molar-refractivity contribution in [2.24, 2.45) is 16.6 Å². The fourth-order valence-electron chi connectivity index (χ4n) is 2.31. The summed E-state index contributed by atoms with van der Waals surface area (Å²) in [6.45, 7) is 4.61. The van der Waals surface area contributed by atoms with Gasteiger partial charge in [-0.25, -0.2) is 9.38 Å². The molecule has 0 aliphatic carbocycles. The third-order valence-electron chi connectivity index (χ3n) is 3.29. The van der Waals surface area contributed by atoms with Crippen molar-refractivity contribution < 1.29 is 4.39 Å². The van der Waals surface area contributed by atoms with Crippen LogP contribution in [0.4, 0.5) is 4.39 Å². The molecule has 0 radical (unpaired) electrons. The van der Waals surface area contributed by atoms with Crippen LogP contribution in [-0.4, -0.2) is 23.9 Å². The monoisotopic (exact) mass is 249 g/mol. The number of nitrogens with two attached hydrogens (primary N) is 1. The molecule has 3 nitrogen and oxygen atoms in total. The second-order valence-electron chi connectivity index (χ2n) is 5.00. The molecule has 0 saturated carbocycles. The summed E-state index contributed by atoms with van der Waals surface area (Å²) in [6.07, 6.45) is 2.42. The lowest BCUT2D eigenvalue weighted by atomic mass is 10.0. The molecule has 4 heteroatoms. The number of piperidine rings is 1. The van der Waals surface area contributed by atoms with Gasteiger partial charge < -0.3 is 10.6 Å². The van der Waals surface area contributed by atoms with E-state index in [-0.39, 0.29) is 5.82 Å². The quantitative estimate of drug-likeness (QED) is 0.646. The predicted molar refractivity (Wildman–Crippen MR) is 71.7 cm³/mol. The molecule has 2 N–H and O–H groups in total. The molecule has 1 saturated heterocycles. The van der Waals surface area contributed by atoms with Gasteiger partial charge in [0.2, 0.25) is 0 Å². The van der Waals surface area contributed by atoms with Crippen LogP contribution in [0.5, 0.6) is 0 Å². The maximum absolute atomic E-state index is 13.0. The van der Waals surface area contributed by atoms with Gasteiger partial charge in [0.25, 0.3) is 0 Å². The molecule has 1 aliphatic heterocycles. The second kappa shape index (κ2) is 5.85. The molecule has 0 aromatic heterocycles. The Morgan fingerprint density at radius 2 is 2.39 bits per heavy atom. The number of benzene rings is 1. The summed E-state index contributed by atoms with van der Waals surface area (Å²) in [6, 6.07) is 6.48. The Bertz CT molecular complexity index is 431. The van der Waals surface area contributed by atoms with Crippen LogP contribution in [0, 0.1) is 11.7 Å². The number of likely N-dealkylation sites (tertiary alicyclic amines) is 1. The Balaban J connectivity index is 1.96. The lowest BCUT2D eigenvalue weighted by Gasteiger charge is -2.31. The van der Waals surface area contributed by atoms with E-state index in [0.717, 1.165) is 25.1 Å². The molecule has 1 aromatic carbocycles. The van der Waals surface area contributed by atoms with Crippen LogP contribution in [0.1, 0.15) is 25.3 Å². The molecule has 98 valence electrons. The molecule has 1 fully saturated rings. The summed E-state index contributed by atoms with van der Waals surface area (Å²) in [5.74, 6) is 1.01. The van der Waals surface area contributed by atoms with Crippen LogP contribution in [0.2, 0.25) is 0 Å². The van der Waals surface area contributed by atoms with E-state index in [1.807, 2.05) is 6.07 Å². The zero-order valence-corrected chi connectivity index (χ0v) is 10.8. The molecule has 1 unspecified atom stereocenters. The fraction of sp³-hybridized carbons (Fsp3) is 0.500. The minimum Gasteiger partial charge on any atom is -0.370 e. The number of guanidine groups is 1. The van der Waals surface area contributed by atoms with Gasteiger partial charge in [0, 0.05) is 13.1 Å². The Morgan fingerprint density at radius 1 is 1.56 bits per heavy atom. The summed E-state index contributed by atoms with van der Waals surface area (Å²) in [5, 5.41) is 0. The molecule has 1 aromatic rings. The lowest BCUT2D eigenvalue weighted by molar-refractivity contribution is 0.270. The molecule has 0 bridgehead atoms. The van der Waals surface area contributed by atoms with Gasteiger partial charge in [-0.15, -0.1) is 0 Å². The van der Waals surface area contributed by atoms with Gasteiger partial charge in [-0.3, -0.25) is 0 Å². The SMILES string of the molecule is CC1CCCN(C(N)=NCc2cccc(F)c2)C1. The third-order valence-corrected chi connectivity index (χ3v) is 3.29. The van der Waals surface area contributed by atoms with Crippen molar-refractivity contribution in [2.45, 2.75) is 26.3 Å². The van der Waals surface area contributed by atoms with Crippen molar-refractivity contribution >= 4 is 5.96 Å². The number of rotatable bonds is 2. The largest absolute Gasteiger partial charge is 0.370 e. The summed E-state index contributed by atoms with van der Waals surface area (Å²) in [7, 11) is 0. The highest BCUT2D eigenvalue weighted by atomic mass is 19.1. The van der Waals surface area contributed by atoms with Gasteiger partial charge in [-0.1, -0.05) is 19.1 Å². The minimum atomic E-state index is -0.229. The van der Waals surface area contributed by atoms with Crippen LogP contribution in [0.15, 0.2) is 29.3 Å². The average Bonchev–Trinajstić information content (AvgIpc) is 2.36. The minimum absolute atomic E-state index is 0.229. The highest BCUT2D eigenvalue weighted by molar-refractivity contribution is 5.78. The van der Waals surface area contributed by atoms with Crippen molar-refractivity contribution in [1.82, 2.24) is 4.90 Å². The Labute approximate surface area is 108 Å². The topological polar surface area (TPSA) is 41.6 Å². The maximum atomic E-state index is 13.0. The van der Waals surface area contributed by atoms with Crippen molar-refractivity contribution in [1.29, 1.82) is 0 Å². The van der Waals surface area contributed by atoms with Crippen molar-refractivity contribution in [2.75, 3.05) is 13.1 Å². The smallest absolute Gasteiger partial charge is 0.191 e. The van der Waals surface area contributed by atoms with Crippen molar-refractivity contribution in [3.8, 4) is 0 Å². The average molecular weight is 249 g/mol. The highest BCUT2D eigenvalue weighted by Crippen LogP contribution is 2.15. The zero-order valence-electron chi connectivity index (χ0n) is 10.8. The number of hydrogen-bond donors (Lipinski definition) is 1. The van der Waals surface area contributed by atoms with Gasteiger partial charge in [0.1, 0.15) is 5.82 Å². The maximum Gasteiger partial charge on any atom is 0.191 e. The van der Waals surface area contributed by atoms with Gasteiger partial charge in [-0.2, -0.15) is 0 Å². The molecule has 1 heterocycles. The number of aliphatic imine (C=N–C) groups is 1. The standard InChI is InChI=1S/C14H20FN3/c1-11-4-3-7-18(10-11)14(16)17-9-12-5-2-6-13(15)8-12/h2,5-6,8,11H,3-4,7,9-10H2,1H3,(H2,16,17). The van der Waals surface area contributed by atoms with E-state index in [4.69, 9.17) is 5.73 Å². The van der Waals surface area contributed by atoms with E-state index in [2.05, 4.69) is 16.8 Å². The molecule has 1 atom stereocenters. The summed E-state index contributed by atoms with van der Waals surface area (Å²) in [5.41, 5.74) is 6.83. The first-order valence-electron chi connectivity index (χ1n) is 6.44. The van der Waals surface area contributed by atoms with E-state index >= 15 is 0 Å². The first-order chi connectivity index (χ1) is 8.65. The zero-order chi connectivity index (χ0) is 13.0. The van der Waals surface area contributed by atoms with E-state index in [1.54, 1.807) is 6.07 Å². The third kappa shape index (κ3) is 3.45. The van der Waals surface area contributed by atoms with Crippen molar-refractivity contribution in [3.05, 3.63) is 35.6 Å². The van der Waals surface area contributed by atoms with Gasteiger partial charge >= 0.3 is 0 Å². The van der Waals surface area contributed by atoms with E-state index in [9.17, 15) is 4.39 Å². The molecule has 18 heavy (non-hydrogen) atoms. The van der Waals surface area contributed by atoms with Crippen LogP contribution in [-0.2, 0) is 6.54 Å². The van der Waals surface area contributed by atoms with Gasteiger partial charge in [0.05, 0.1) is 6.54 Å². The molecular formula is C14H20FN3. The van der Waals surface area contributed by atoms with Crippen LogP contribution in [0.25, 0.3) is 0 Å². The molecule has 0 amide bonds. The van der Waals surface area contributed by atoms with Crippen molar-refractivity contribution in [3.63, 3.8) is 0 Å². The molecule has 2 rings (SSSR count). The predicted octanol–water partition coefficient (Wildman–Crippen LogP) is 2.37. The Kier molecular flexibility index (Phi) is 4.18. The first kappa shape index (κ1) is 12.9. The first-order valence-corrected chi connectivity index (χ1v) is 6.44. The molecular weight excluding hydrogens is 229 g/mol. The summed E-state index contributed by atoms with van der Waals surface area (Å²) in [4.78, 5) is 6.47. The lowest BCUT2D eigenvalue weighted by Crippen LogP contribution is -2.43. The van der Waals surface area contributed by atoms with Crippen LogP contribution < -0.4 is 5.73 Å². The van der Waals surface area contributed by atoms with E-state index < -0.39 is 0 Å². The highest BCUT2D eigenvalue weighted by Gasteiger charge is 2.17. The van der Waals surface area contributed by atoms with E-state index in [0.29, 0.717) is 18.4 Å². The van der Waals surface area contributed by atoms with Gasteiger partial charge in [-0.05, 0) is 36.5 Å². The second-order valence-corrected chi connectivity index (χ2v) is 5.00. The molecule has 0 spiro atoms. The number of hydrogen-bond acceptors (Lipinski definition) is 1. The Morgan fingerprint density at radius 3 is 3.11 bits per heavy atom. The summed E-state index contributed by atoms with van der Waals surface area (Å²) >= 11 is 0. The fourth-order valence-corrected chi connectivity index (χ4v) is 2.31. The summed E-state index contributed by atoms with van der Waals surface area (Å²) < 4.78 is 13.0. The van der Waals surface area contributed by atoms with Crippen LogP contribution >= 0.6 is 0 Å².